The van der Waals surface area contributed by atoms with Gasteiger partial charge in [-0.05, 0) is 0 Å². The minimum atomic E-state index is -1.22. The summed E-state index contributed by atoms with van der Waals surface area (Å²) in [5, 5.41) is 31.7. The van der Waals surface area contributed by atoms with Gasteiger partial charge in [0.15, 0.2) is 6.29 Å². The maximum absolute atomic E-state index is 9.64. The van der Waals surface area contributed by atoms with Crippen molar-refractivity contribution in [2.75, 3.05) is 20.8 Å². The maximum atomic E-state index is 9.64. The van der Waals surface area contributed by atoms with Gasteiger partial charge in [-0.25, -0.2) is 0 Å². The third-order valence-electron chi connectivity index (χ3n) is 2.13. The van der Waals surface area contributed by atoms with E-state index in [2.05, 4.69) is 9.99 Å². The molecule has 0 saturated carbocycles. The molecule has 88 valence electrons. The number of oxime groups is 1. The van der Waals surface area contributed by atoms with Gasteiger partial charge >= 0.3 is 0 Å². The van der Waals surface area contributed by atoms with Crippen molar-refractivity contribution in [1.29, 1.82) is 0 Å². The first-order valence-electron chi connectivity index (χ1n) is 4.41. The van der Waals surface area contributed by atoms with Gasteiger partial charge in [-0.2, -0.15) is 0 Å². The number of aliphatic hydroxyl groups excluding tert-OH is 3. The molecule has 0 aromatic rings. The number of nitrogens with zero attached hydrogens (tertiary/aromatic N) is 1. The van der Waals surface area contributed by atoms with Gasteiger partial charge in [-0.15, -0.1) is 0 Å². The van der Waals surface area contributed by atoms with Crippen molar-refractivity contribution in [3.63, 3.8) is 0 Å². The summed E-state index contributed by atoms with van der Waals surface area (Å²) in [6.07, 6.45) is -4.28. The van der Waals surface area contributed by atoms with Crippen LogP contribution in [0.15, 0.2) is 5.16 Å². The lowest BCUT2D eigenvalue weighted by molar-refractivity contribution is -0.224. The summed E-state index contributed by atoms with van der Waals surface area (Å²) in [5.74, 6) is 0. The third kappa shape index (κ3) is 2.44. The van der Waals surface area contributed by atoms with Crippen molar-refractivity contribution in [2.45, 2.75) is 24.6 Å². The zero-order valence-electron chi connectivity index (χ0n) is 8.53. The molecule has 0 amide bonds. The van der Waals surface area contributed by atoms with Crippen LogP contribution in [0.1, 0.15) is 0 Å². The molecule has 7 nitrogen and oxygen atoms in total. The van der Waals surface area contributed by atoms with Crippen molar-refractivity contribution >= 4 is 5.71 Å². The van der Waals surface area contributed by atoms with Crippen molar-refractivity contribution in [3.8, 4) is 0 Å². The zero-order valence-corrected chi connectivity index (χ0v) is 8.53. The van der Waals surface area contributed by atoms with Crippen LogP contribution in [-0.2, 0) is 14.3 Å². The standard InChI is InChI=1S/C8H15NO6/c1-13-8-7(12)5(9-14-2)6(11)4(3-10)15-8/h4,6-8,10-12H,3H2,1-2H3/t4?,6-,7?,8+/m1/s1. The Kier molecular flexibility index (Phi) is 4.43. The van der Waals surface area contributed by atoms with Gasteiger partial charge in [0.05, 0.1) is 6.61 Å². The fourth-order valence-corrected chi connectivity index (χ4v) is 1.37. The average molecular weight is 221 g/mol. The zero-order chi connectivity index (χ0) is 11.4. The Morgan fingerprint density at radius 3 is 2.47 bits per heavy atom. The Bertz CT molecular complexity index is 215. The molecule has 1 aliphatic heterocycles. The van der Waals surface area contributed by atoms with Gasteiger partial charge < -0.3 is 29.6 Å². The predicted octanol–water partition coefficient (Wildman–Crippen LogP) is -1.93. The van der Waals surface area contributed by atoms with E-state index >= 15 is 0 Å². The van der Waals surface area contributed by atoms with Crippen LogP contribution in [-0.4, -0.2) is 66.5 Å². The number of methoxy groups -OCH3 is 1. The minimum absolute atomic E-state index is 0.0188. The van der Waals surface area contributed by atoms with Crippen LogP contribution in [0.25, 0.3) is 0 Å². The molecule has 1 fully saturated rings. The van der Waals surface area contributed by atoms with Crippen LogP contribution in [0.4, 0.5) is 0 Å². The van der Waals surface area contributed by atoms with Gasteiger partial charge in [-0.1, -0.05) is 5.16 Å². The van der Waals surface area contributed by atoms with Crippen molar-refractivity contribution in [2.24, 2.45) is 5.16 Å². The molecule has 0 spiro atoms. The summed E-state index contributed by atoms with van der Waals surface area (Å²) >= 11 is 0. The molecule has 4 atom stereocenters. The molecular formula is C8H15NO6. The number of hydrogen-bond donors (Lipinski definition) is 3. The third-order valence-corrected chi connectivity index (χ3v) is 2.13. The molecule has 1 rings (SSSR count). The second-order valence-corrected chi connectivity index (χ2v) is 3.05. The van der Waals surface area contributed by atoms with Crippen molar-refractivity contribution < 1.29 is 29.6 Å². The van der Waals surface area contributed by atoms with E-state index in [-0.39, 0.29) is 5.71 Å². The fourth-order valence-electron chi connectivity index (χ4n) is 1.37. The van der Waals surface area contributed by atoms with Gasteiger partial charge in [0.1, 0.15) is 31.1 Å². The Morgan fingerprint density at radius 2 is 2.00 bits per heavy atom. The van der Waals surface area contributed by atoms with Gasteiger partial charge in [0.2, 0.25) is 0 Å². The number of rotatable bonds is 3. The highest BCUT2D eigenvalue weighted by molar-refractivity contribution is 5.93. The van der Waals surface area contributed by atoms with Gasteiger partial charge in [0, 0.05) is 7.11 Å². The second-order valence-electron chi connectivity index (χ2n) is 3.05. The molecule has 7 heteroatoms. The maximum Gasteiger partial charge on any atom is 0.189 e. The molecule has 0 aromatic heterocycles. The monoisotopic (exact) mass is 221 g/mol. The van der Waals surface area contributed by atoms with Crippen molar-refractivity contribution in [1.82, 2.24) is 0 Å². The number of aliphatic hydroxyl groups is 3. The molecule has 0 bridgehead atoms. The first-order valence-corrected chi connectivity index (χ1v) is 4.41. The van der Waals surface area contributed by atoms with Crippen molar-refractivity contribution in [3.05, 3.63) is 0 Å². The second kappa shape index (κ2) is 5.38. The van der Waals surface area contributed by atoms with Gasteiger partial charge in [0.25, 0.3) is 0 Å². The number of ether oxygens (including phenoxy) is 2. The quantitative estimate of drug-likeness (QED) is 0.480. The molecule has 1 saturated heterocycles. The van der Waals surface area contributed by atoms with E-state index in [0.717, 1.165) is 0 Å². The van der Waals surface area contributed by atoms with E-state index in [1.165, 1.54) is 14.2 Å². The predicted molar refractivity (Wildman–Crippen MR) is 49.2 cm³/mol. The highest BCUT2D eigenvalue weighted by Crippen LogP contribution is 2.19. The van der Waals surface area contributed by atoms with Crippen LogP contribution in [0.3, 0.4) is 0 Å². The first kappa shape index (κ1) is 12.3. The smallest absolute Gasteiger partial charge is 0.189 e. The van der Waals surface area contributed by atoms with E-state index in [0.29, 0.717) is 0 Å². The molecule has 0 aromatic carbocycles. The Balaban J connectivity index is 2.86. The Labute approximate surface area is 86.9 Å². The van der Waals surface area contributed by atoms with Crippen LogP contribution in [0, 0.1) is 0 Å². The first-order chi connectivity index (χ1) is 7.15. The van der Waals surface area contributed by atoms with Gasteiger partial charge in [-0.3, -0.25) is 0 Å². The van der Waals surface area contributed by atoms with E-state index in [1.54, 1.807) is 0 Å². The Hall–Kier alpha value is -0.730. The summed E-state index contributed by atoms with van der Waals surface area (Å²) in [6.45, 7) is -0.406. The van der Waals surface area contributed by atoms with E-state index < -0.39 is 31.2 Å². The summed E-state index contributed by atoms with van der Waals surface area (Å²) in [4.78, 5) is 4.48. The molecule has 15 heavy (non-hydrogen) atoms. The normalized spacial score (nSPS) is 39.4. The van der Waals surface area contributed by atoms with E-state index in [1.807, 2.05) is 0 Å². The van der Waals surface area contributed by atoms with Crippen LogP contribution >= 0.6 is 0 Å². The summed E-state index contributed by atoms with van der Waals surface area (Å²) in [6, 6.07) is 0. The fraction of sp³-hybridized carbons (Fsp3) is 0.875. The minimum Gasteiger partial charge on any atom is -0.399 e. The Morgan fingerprint density at radius 1 is 1.33 bits per heavy atom. The molecule has 3 N–H and O–H groups in total. The average Bonchev–Trinajstić information content (AvgIpc) is 2.25. The highest BCUT2D eigenvalue weighted by atomic mass is 16.7. The molecular weight excluding hydrogens is 206 g/mol. The van der Waals surface area contributed by atoms with Crippen LogP contribution < -0.4 is 0 Å². The summed E-state index contributed by atoms with van der Waals surface area (Å²) < 4.78 is 9.91. The summed E-state index contributed by atoms with van der Waals surface area (Å²) in [5.41, 5.74) is -0.0188. The van der Waals surface area contributed by atoms with E-state index in [9.17, 15) is 10.2 Å². The summed E-state index contributed by atoms with van der Waals surface area (Å²) in [7, 11) is 2.63. The van der Waals surface area contributed by atoms with Crippen LogP contribution in [0.2, 0.25) is 0 Å². The lowest BCUT2D eigenvalue weighted by atomic mass is 10.0. The van der Waals surface area contributed by atoms with E-state index in [4.69, 9.17) is 14.6 Å². The lowest BCUT2D eigenvalue weighted by Crippen LogP contribution is -2.56. The molecule has 0 aliphatic carbocycles. The highest BCUT2D eigenvalue weighted by Gasteiger charge is 2.42. The molecule has 0 radical (unpaired) electrons. The number of hydrogen-bond acceptors (Lipinski definition) is 7. The largest absolute Gasteiger partial charge is 0.399 e. The molecule has 1 heterocycles. The SMILES string of the molecule is CON=C1C(O)[C@@H](OC)OC(CO)[C@H]1O. The topological polar surface area (TPSA) is 101 Å². The van der Waals surface area contributed by atoms with Crippen LogP contribution in [0.5, 0.6) is 0 Å². The lowest BCUT2D eigenvalue weighted by Gasteiger charge is -2.35. The molecule has 2 unspecified atom stereocenters. The molecule has 1 aliphatic rings.